The van der Waals surface area contributed by atoms with Crippen LogP contribution in [0.4, 0.5) is 0 Å². The van der Waals surface area contributed by atoms with Gasteiger partial charge in [0, 0.05) is 6.08 Å². The number of hydrogen-bond acceptors (Lipinski definition) is 8. The molecule has 6 N–H and O–H groups in total. The van der Waals surface area contributed by atoms with Gasteiger partial charge in [0.05, 0.1) is 18.3 Å². The molecule has 9 nitrogen and oxygen atoms in total. The number of aliphatic hydroxyl groups is 5. The zero-order chi connectivity index (χ0) is 28.2. The first-order valence-electron chi connectivity index (χ1n) is 12.2. The molecule has 37 heavy (non-hydrogen) atoms. The largest absolute Gasteiger partial charge is 0.478 e. The molecule has 1 saturated heterocycles. The zero-order valence-electron chi connectivity index (χ0n) is 22.2. The summed E-state index contributed by atoms with van der Waals surface area (Å²) in [6.45, 7) is 8.70. The normalized spacial score (nSPS) is 28.1. The van der Waals surface area contributed by atoms with Crippen LogP contribution in [-0.4, -0.2) is 85.6 Å². The fraction of sp³-hybridized carbons (Fsp3) is 0.536. The van der Waals surface area contributed by atoms with Crippen molar-refractivity contribution >= 4 is 5.97 Å². The molecule has 7 atom stereocenters. The van der Waals surface area contributed by atoms with Crippen LogP contribution in [0.15, 0.2) is 71.4 Å². The van der Waals surface area contributed by atoms with Gasteiger partial charge in [-0.1, -0.05) is 59.8 Å². The molecule has 0 aliphatic carbocycles. The quantitative estimate of drug-likeness (QED) is 0.121. The van der Waals surface area contributed by atoms with Crippen molar-refractivity contribution in [1.82, 2.24) is 0 Å². The van der Waals surface area contributed by atoms with Crippen LogP contribution >= 0.6 is 0 Å². The van der Waals surface area contributed by atoms with E-state index in [1.54, 1.807) is 31.2 Å². The Morgan fingerprint density at radius 3 is 2.30 bits per heavy atom. The van der Waals surface area contributed by atoms with Gasteiger partial charge in [0.15, 0.2) is 6.29 Å². The third-order valence-electron chi connectivity index (χ3n) is 5.67. The molecule has 1 rings (SSSR count). The highest BCUT2D eigenvalue weighted by molar-refractivity contribution is 5.80. The van der Waals surface area contributed by atoms with Gasteiger partial charge in [-0.15, -0.1) is 0 Å². The molecule has 1 heterocycles. The van der Waals surface area contributed by atoms with E-state index >= 15 is 0 Å². The van der Waals surface area contributed by atoms with E-state index in [-0.39, 0.29) is 0 Å². The number of aliphatic carboxylic acids is 1. The van der Waals surface area contributed by atoms with Gasteiger partial charge in [0.1, 0.15) is 24.4 Å². The van der Waals surface area contributed by atoms with Crippen LogP contribution in [0.1, 0.15) is 47.5 Å². The van der Waals surface area contributed by atoms with Gasteiger partial charge in [0.25, 0.3) is 0 Å². The summed E-state index contributed by atoms with van der Waals surface area (Å²) in [6, 6.07) is 0. The summed E-state index contributed by atoms with van der Waals surface area (Å²) in [7, 11) is 0. The number of rotatable bonds is 13. The maximum Gasteiger partial charge on any atom is 0.328 e. The van der Waals surface area contributed by atoms with E-state index in [2.05, 4.69) is 0 Å². The number of carboxylic acid groups (broad SMARTS) is 1. The molecule has 0 aromatic rings. The third kappa shape index (κ3) is 12.1. The second-order valence-electron chi connectivity index (χ2n) is 9.68. The molecule has 1 fully saturated rings. The predicted octanol–water partition coefficient (Wildman–Crippen LogP) is 2.31. The fourth-order valence-electron chi connectivity index (χ4n) is 3.61. The number of carboxylic acids is 1. The average Bonchev–Trinajstić information content (AvgIpc) is 2.80. The number of aliphatic hydroxyl groups excluding tert-OH is 4. The van der Waals surface area contributed by atoms with E-state index in [1.165, 1.54) is 6.08 Å². The molecule has 0 saturated carbocycles. The van der Waals surface area contributed by atoms with Crippen molar-refractivity contribution < 1.29 is 44.9 Å². The van der Waals surface area contributed by atoms with Crippen molar-refractivity contribution in [3.8, 4) is 0 Å². The van der Waals surface area contributed by atoms with E-state index in [0.717, 1.165) is 22.8 Å². The fourth-order valence-corrected chi connectivity index (χ4v) is 3.61. The summed E-state index contributed by atoms with van der Waals surface area (Å²) in [5.41, 5.74) is 1.55. The second kappa shape index (κ2) is 15.8. The van der Waals surface area contributed by atoms with Crippen LogP contribution in [0.3, 0.4) is 0 Å². The van der Waals surface area contributed by atoms with Gasteiger partial charge < -0.3 is 40.1 Å². The Morgan fingerprint density at radius 2 is 1.70 bits per heavy atom. The molecule has 2 unspecified atom stereocenters. The lowest BCUT2D eigenvalue weighted by atomic mass is 9.98. The molecule has 0 bridgehead atoms. The van der Waals surface area contributed by atoms with Crippen LogP contribution < -0.4 is 0 Å². The zero-order valence-corrected chi connectivity index (χ0v) is 22.2. The minimum Gasteiger partial charge on any atom is -0.478 e. The standard InChI is InChI=1S/C28H42O9/c1-18(2)13-14-21(36-27-26(34)25(33)24(32)22(17-29)37-27)20(4)11-9-10-19(3)16-28(5,35)15-8-6-7-12-23(30)31/h6-13,16,21-22,24-27,29,32-35H,14-15,17H2,1-5H3,(H,30,31)/b8-6+,10-9+,12-7+,19-16+,20-11+/t21-,22+,24+,25-,26?,27?,28-/m0/s1. The molecular weight excluding hydrogens is 480 g/mol. The second-order valence-corrected chi connectivity index (χ2v) is 9.68. The highest BCUT2D eigenvalue weighted by Crippen LogP contribution is 2.26. The molecule has 208 valence electrons. The van der Waals surface area contributed by atoms with Crippen LogP contribution in [-0.2, 0) is 14.3 Å². The Morgan fingerprint density at radius 1 is 1.03 bits per heavy atom. The number of ether oxygens (including phenoxy) is 2. The first-order valence-corrected chi connectivity index (χ1v) is 12.2. The summed E-state index contributed by atoms with van der Waals surface area (Å²) in [4.78, 5) is 10.5. The maximum atomic E-state index is 10.6. The van der Waals surface area contributed by atoms with E-state index in [0.29, 0.717) is 12.8 Å². The number of allylic oxidation sites excluding steroid dienone is 7. The third-order valence-corrected chi connectivity index (χ3v) is 5.67. The molecule has 0 aromatic heterocycles. The first-order chi connectivity index (χ1) is 17.3. The molecule has 0 radical (unpaired) electrons. The van der Waals surface area contributed by atoms with Gasteiger partial charge in [-0.05, 0) is 53.0 Å². The Labute approximate surface area is 219 Å². The van der Waals surface area contributed by atoms with E-state index in [1.807, 2.05) is 45.9 Å². The Bertz CT molecular complexity index is 905. The van der Waals surface area contributed by atoms with E-state index in [9.17, 15) is 30.3 Å². The van der Waals surface area contributed by atoms with Crippen molar-refractivity contribution in [1.29, 1.82) is 0 Å². The summed E-state index contributed by atoms with van der Waals surface area (Å²) in [5.74, 6) is -1.04. The lowest BCUT2D eigenvalue weighted by molar-refractivity contribution is -0.308. The topological polar surface area (TPSA) is 157 Å². The lowest BCUT2D eigenvalue weighted by Crippen LogP contribution is -2.59. The van der Waals surface area contributed by atoms with Crippen molar-refractivity contribution in [3.63, 3.8) is 0 Å². The molecule has 0 spiro atoms. The van der Waals surface area contributed by atoms with Crippen LogP contribution in [0.2, 0.25) is 0 Å². The van der Waals surface area contributed by atoms with Gasteiger partial charge in [0.2, 0.25) is 0 Å². The first kappa shape index (κ1) is 32.7. The summed E-state index contributed by atoms with van der Waals surface area (Å²) >= 11 is 0. The Balaban J connectivity index is 2.95. The van der Waals surface area contributed by atoms with Gasteiger partial charge in [-0.3, -0.25) is 0 Å². The molecule has 1 aliphatic heterocycles. The molecule has 0 aromatic carbocycles. The monoisotopic (exact) mass is 522 g/mol. The van der Waals surface area contributed by atoms with Gasteiger partial charge in [-0.25, -0.2) is 4.79 Å². The SMILES string of the molecule is CC(C)=CC[C@H](OC1O[C@H](CO)[C@@H](O)[C@H](O)C1O)/C(C)=C/C=C/C(C)=C/[C@@](C)(O)C/C=C/C=C/C(=O)O. The van der Waals surface area contributed by atoms with Crippen LogP contribution in [0.5, 0.6) is 0 Å². The lowest BCUT2D eigenvalue weighted by Gasteiger charge is -2.41. The molecule has 1 aliphatic rings. The average molecular weight is 523 g/mol. The van der Waals surface area contributed by atoms with Crippen LogP contribution in [0.25, 0.3) is 0 Å². The van der Waals surface area contributed by atoms with Crippen LogP contribution in [0, 0.1) is 0 Å². The molecule has 9 heteroatoms. The molecular formula is C28H42O9. The summed E-state index contributed by atoms with van der Waals surface area (Å²) in [6.07, 6.45) is 8.25. The Hall–Kier alpha value is -2.37. The molecule has 0 amide bonds. The summed E-state index contributed by atoms with van der Waals surface area (Å²) < 4.78 is 11.5. The Kier molecular flexibility index (Phi) is 13.9. The van der Waals surface area contributed by atoms with E-state index < -0.39 is 55.0 Å². The highest BCUT2D eigenvalue weighted by atomic mass is 16.7. The van der Waals surface area contributed by atoms with Crippen molar-refractivity contribution in [2.75, 3.05) is 6.61 Å². The van der Waals surface area contributed by atoms with Crippen molar-refractivity contribution in [2.24, 2.45) is 0 Å². The van der Waals surface area contributed by atoms with Gasteiger partial charge in [-0.2, -0.15) is 0 Å². The predicted molar refractivity (Wildman–Crippen MR) is 140 cm³/mol. The number of hydrogen-bond donors (Lipinski definition) is 6. The smallest absolute Gasteiger partial charge is 0.328 e. The number of carbonyl (C=O) groups is 1. The van der Waals surface area contributed by atoms with E-state index in [4.69, 9.17) is 14.6 Å². The highest BCUT2D eigenvalue weighted by Gasteiger charge is 2.44. The van der Waals surface area contributed by atoms with Crippen molar-refractivity contribution in [2.45, 2.75) is 89.9 Å². The van der Waals surface area contributed by atoms with Crippen molar-refractivity contribution in [3.05, 3.63) is 71.4 Å². The summed E-state index contributed by atoms with van der Waals surface area (Å²) in [5, 5.41) is 59.0. The maximum absolute atomic E-state index is 10.6. The minimum absolute atomic E-state index is 0.300. The minimum atomic E-state index is -1.52. The van der Waals surface area contributed by atoms with Gasteiger partial charge >= 0.3 is 5.97 Å².